The summed E-state index contributed by atoms with van der Waals surface area (Å²) in [4.78, 5) is 28.7. The minimum absolute atomic E-state index is 0.520. The van der Waals surface area contributed by atoms with Gasteiger partial charge in [-0.05, 0) is 12.8 Å². The zero-order valence-corrected chi connectivity index (χ0v) is 17.6. The van der Waals surface area contributed by atoms with Crippen LogP contribution in [0.25, 0.3) is 0 Å². The lowest BCUT2D eigenvalue weighted by Gasteiger charge is -2.31. The molecule has 0 radical (unpaired) electrons. The Balaban J connectivity index is 5.02. The summed E-state index contributed by atoms with van der Waals surface area (Å²) in [7, 11) is 6.44. The molecule has 0 aromatic carbocycles. The van der Waals surface area contributed by atoms with E-state index in [-0.39, 0.29) is 0 Å². The number of rotatable bonds is 13. The van der Waals surface area contributed by atoms with Gasteiger partial charge in [-0.25, -0.2) is 14.5 Å². The first-order chi connectivity index (χ1) is 12.3. The van der Waals surface area contributed by atoms with Crippen molar-refractivity contribution in [3.63, 3.8) is 0 Å². The highest BCUT2D eigenvalue weighted by Crippen LogP contribution is 2.13. The maximum absolute atomic E-state index is 12.0. The Morgan fingerprint density at radius 3 is 1.38 bits per heavy atom. The number of unbranched alkanes of at least 4 members (excludes halogenated alkanes) is 6. The average Bonchev–Trinajstić information content (AvgIpc) is 2.59. The SMILES string of the molecule is CCCCCCN(CCCCCC)C(OC(=O)N(C)C)OC(=O)N(C)C. The number of hydrogen-bond donors (Lipinski definition) is 0. The molecule has 0 atom stereocenters. The molecule has 0 rings (SSSR count). The fraction of sp³-hybridized carbons (Fsp3) is 0.895. The number of carbonyl (C=O) groups is 2. The van der Waals surface area contributed by atoms with Gasteiger partial charge in [0.25, 0.3) is 0 Å². The molecule has 0 spiro atoms. The van der Waals surface area contributed by atoms with Crippen LogP contribution in [-0.4, -0.2) is 74.6 Å². The molecule has 26 heavy (non-hydrogen) atoms. The van der Waals surface area contributed by atoms with E-state index in [1.807, 2.05) is 4.90 Å². The number of hydrogen-bond acceptors (Lipinski definition) is 5. The van der Waals surface area contributed by atoms with Crippen LogP contribution >= 0.6 is 0 Å². The zero-order valence-electron chi connectivity index (χ0n) is 17.6. The van der Waals surface area contributed by atoms with Crippen LogP contribution in [0.5, 0.6) is 0 Å². The molecule has 0 fully saturated rings. The van der Waals surface area contributed by atoms with Crippen LogP contribution in [0, 0.1) is 0 Å². The number of nitrogens with zero attached hydrogens (tertiary/aromatic N) is 3. The van der Waals surface area contributed by atoms with Crippen LogP contribution in [-0.2, 0) is 9.47 Å². The van der Waals surface area contributed by atoms with Gasteiger partial charge >= 0.3 is 18.6 Å². The summed E-state index contributed by atoms with van der Waals surface area (Å²) in [5.41, 5.74) is 0. The Hall–Kier alpha value is -1.50. The average molecular weight is 374 g/mol. The quantitative estimate of drug-likeness (QED) is 0.359. The highest BCUT2D eigenvalue weighted by Gasteiger charge is 2.27. The van der Waals surface area contributed by atoms with Crippen LogP contribution in [0.3, 0.4) is 0 Å². The Morgan fingerprint density at radius 2 is 1.08 bits per heavy atom. The van der Waals surface area contributed by atoms with Crippen LogP contribution in [0.2, 0.25) is 0 Å². The second-order valence-corrected chi connectivity index (χ2v) is 7.02. The van der Waals surface area contributed by atoms with E-state index in [9.17, 15) is 9.59 Å². The number of ether oxygens (including phenoxy) is 2. The van der Waals surface area contributed by atoms with Gasteiger partial charge in [0.1, 0.15) is 0 Å². The minimum Gasteiger partial charge on any atom is -0.394 e. The predicted molar refractivity (Wildman–Crippen MR) is 104 cm³/mol. The van der Waals surface area contributed by atoms with Gasteiger partial charge < -0.3 is 19.3 Å². The molecule has 154 valence electrons. The molecule has 7 heteroatoms. The van der Waals surface area contributed by atoms with Crippen molar-refractivity contribution in [3.8, 4) is 0 Å². The van der Waals surface area contributed by atoms with Crippen LogP contribution < -0.4 is 0 Å². The van der Waals surface area contributed by atoms with E-state index in [2.05, 4.69) is 13.8 Å². The Bertz CT molecular complexity index is 355. The molecule has 7 nitrogen and oxygen atoms in total. The highest BCUT2D eigenvalue weighted by molar-refractivity contribution is 5.68. The van der Waals surface area contributed by atoms with Crippen molar-refractivity contribution >= 4 is 12.2 Å². The zero-order chi connectivity index (χ0) is 19.9. The van der Waals surface area contributed by atoms with Crippen LogP contribution in [0.4, 0.5) is 9.59 Å². The van der Waals surface area contributed by atoms with E-state index >= 15 is 0 Å². The maximum atomic E-state index is 12.0. The molecule has 0 heterocycles. The van der Waals surface area contributed by atoms with Gasteiger partial charge in [0, 0.05) is 41.3 Å². The minimum atomic E-state index is -0.997. The highest BCUT2D eigenvalue weighted by atomic mass is 16.7. The molecule has 0 aromatic heterocycles. The van der Waals surface area contributed by atoms with Crippen LogP contribution in [0.15, 0.2) is 0 Å². The van der Waals surface area contributed by atoms with E-state index in [1.54, 1.807) is 28.2 Å². The van der Waals surface area contributed by atoms with Gasteiger partial charge in [0.2, 0.25) is 0 Å². The molecule has 2 amide bonds. The van der Waals surface area contributed by atoms with Crippen molar-refractivity contribution in [2.24, 2.45) is 0 Å². The molecular formula is C19H39N3O4. The fourth-order valence-electron chi connectivity index (χ4n) is 2.36. The second-order valence-electron chi connectivity index (χ2n) is 7.02. The molecule has 0 bridgehead atoms. The third-order valence-electron chi connectivity index (χ3n) is 4.03. The van der Waals surface area contributed by atoms with Crippen LogP contribution in [0.1, 0.15) is 65.2 Å². The van der Waals surface area contributed by atoms with Gasteiger partial charge in [-0.2, -0.15) is 0 Å². The van der Waals surface area contributed by atoms with E-state index in [0.717, 1.165) is 51.6 Å². The first kappa shape index (κ1) is 24.5. The van der Waals surface area contributed by atoms with Crippen molar-refractivity contribution < 1.29 is 19.1 Å². The molecule has 0 unspecified atom stereocenters. The van der Waals surface area contributed by atoms with Crippen molar-refractivity contribution in [1.82, 2.24) is 14.7 Å². The predicted octanol–water partition coefficient (Wildman–Crippen LogP) is 4.13. The van der Waals surface area contributed by atoms with Gasteiger partial charge in [-0.15, -0.1) is 0 Å². The van der Waals surface area contributed by atoms with E-state index in [4.69, 9.17) is 9.47 Å². The molecule has 0 N–H and O–H groups in total. The summed E-state index contributed by atoms with van der Waals surface area (Å²) in [6.45, 7) is 5.81. The molecule has 0 aliphatic heterocycles. The van der Waals surface area contributed by atoms with Crippen molar-refractivity contribution in [1.29, 1.82) is 0 Å². The summed E-state index contributed by atoms with van der Waals surface area (Å²) >= 11 is 0. The van der Waals surface area contributed by atoms with Gasteiger partial charge in [-0.1, -0.05) is 52.4 Å². The first-order valence-corrected chi connectivity index (χ1v) is 9.83. The number of amides is 2. The van der Waals surface area contributed by atoms with Gasteiger partial charge in [-0.3, -0.25) is 0 Å². The summed E-state index contributed by atoms with van der Waals surface area (Å²) in [5.74, 6) is 0. The second kappa shape index (κ2) is 14.6. The Kier molecular flexibility index (Phi) is 13.8. The lowest BCUT2D eigenvalue weighted by molar-refractivity contribution is -0.166. The molecule has 0 saturated heterocycles. The topological polar surface area (TPSA) is 62.3 Å². The van der Waals surface area contributed by atoms with Gasteiger partial charge in [0.15, 0.2) is 0 Å². The van der Waals surface area contributed by atoms with E-state index in [1.165, 1.54) is 22.6 Å². The van der Waals surface area contributed by atoms with Crippen molar-refractivity contribution in [2.75, 3.05) is 41.3 Å². The summed E-state index contributed by atoms with van der Waals surface area (Å²) in [5, 5.41) is 0. The third kappa shape index (κ3) is 11.2. The lowest BCUT2D eigenvalue weighted by atomic mass is 10.2. The maximum Gasteiger partial charge on any atom is 0.413 e. The summed E-state index contributed by atoms with van der Waals surface area (Å²) in [6.07, 6.45) is 6.80. The Morgan fingerprint density at radius 1 is 0.692 bits per heavy atom. The standard InChI is InChI=1S/C19H39N3O4/c1-7-9-11-13-15-22(16-14-12-10-8-2)19(25-17(23)20(3)4)26-18(24)21(5)6/h19H,7-16H2,1-6H3. The molecule has 0 aliphatic carbocycles. The molecule has 0 saturated carbocycles. The number of carbonyl (C=O) groups excluding carboxylic acids is 2. The monoisotopic (exact) mass is 373 g/mol. The fourth-order valence-corrected chi connectivity index (χ4v) is 2.36. The lowest BCUT2D eigenvalue weighted by Crippen LogP contribution is -2.46. The Labute approximate surface area is 159 Å². The van der Waals surface area contributed by atoms with Gasteiger partial charge in [0.05, 0.1) is 0 Å². The largest absolute Gasteiger partial charge is 0.413 e. The smallest absolute Gasteiger partial charge is 0.394 e. The molecule has 0 aliphatic rings. The summed E-state index contributed by atoms with van der Waals surface area (Å²) in [6, 6.07) is 0. The first-order valence-electron chi connectivity index (χ1n) is 9.83. The van der Waals surface area contributed by atoms with E-state index < -0.39 is 18.6 Å². The van der Waals surface area contributed by atoms with Crippen molar-refractivity contribution in [2.45, 2.75) is 71.6 Å². The summed E-state index contributed by atoms with van der Waals surface area (Å²) < 4.78 is 10.9. The normalized spacial score (nSPS) is 10.9. The molecular weight excluding hydrogens is 334 g/mol. The van der Waals surface area contributed by atoms with Crippen molar-refractivity contribution in [3.05, 3.63) is 0 Å². The third-order valence-corrected chi connectivity index (χ3v) is 4.03. The molecule has 0 aromatic rings. The van der Waals surface area contributed by atoms with E-state index in [0.29, 0.717) is 0 Å².